The lowest BCUT2D eigenvalue weighted by Crippen LogP contribution is -2.31. The second-order valence-corrected chi connectivity index (χ2v) is 6.21. The number of hydrogen-bond donors (Lipinski definition) is 1. The molecule has 2 rings (SSSR count). The predicted molar refractivity (Wildman–Crippen MR) is 93.9 cm³/mol. The highest BCUT2D eigenvalue weighted by Gasteiger charge is 2.12. The van der Waals surface area contributed by atoms with Gasteiger partial charge in [0.05, 0.1) is 6.04 Å². The van der Waals surface area contributed by atoms with Crippen LogP contribution in [0.4, 0.5) is 0 Å². The molecule has 3 heteroatoms. The van der Waals surface area contributed by atoms with E-state index in [0.717, 1.165) is 22.4 Å². The minimum Gasteiger partial charge on any atom is -0.483 e. The van der Waals surface area contributed by atoms with Gasteiger partial charge in [-0.3, -0.25) is 4.79 Å². The van der Waals surface area contributed by atoms with Crippen molar-refractivity contribution >= 4 is 5.91 Å². The molecular weight excluding hydrogens is 286 g/mol. The lowest BCUT2D eigenvalue weighted by atomic mass is 10.0. The number of carbonyl (C=O) groups is 1. The van der Waals surface area contributed by atoms with E-state index in [1.807, 2.05) is 39.0 Å². The van der Waals surface area contributed by atoms with Crippen LogP contribution in [-0.2, 0) is 4.79 Å². The highest BCUT2D eigenvalue weighted by atomic mass is 16.5. The SMILES string of the molecule is Cc1ccc([C@H](C)NC(=O)COc2cc(C)ccc2C)c(C)c1. The van der Waals surface area contributed by atoms with E-state index < -0.39 is 0 Å². The molecule has 0 saturated carbocycles. The van der Waals surface area contributed by atoms with Crippen molar-refractivity contribution in [1.29, 1.82) is 0 Å². The minimum absolute atomic E-state index is 0.0273. The van der Waals surface area contributed by atoms with Crippen LogP contribution < -0.4 is 10.1 Å². The second-order valence-electron chi connectivity index (χ2n) is 6.21. The molecule has 0 aliphatic rings. The molecule has 0 aliphatic carbocycles. The summed E-state index contributed by atoms with van der Waals surface area (Å²) in [6, 6.07) is 12.2. The Labute approximate surface area is 138 Å². The topological polar surface area (TPSA) is 38.3 Å². The van der Waals surface area contributed by atoms with E-state index in [4.69, 9.17) is 4.74 Å². The van der Waals surface area contributed by atoms with E-state index in [2.05, 4.69) is 37.4 Å². The Morgan fingerprint density at radius 1 is 1.00 bits per heavy atom. The number of amides is 1. The summed E-state index contributed by atoms with van der Waals surface area (Å²) in [5, 5.41) is 3.00. The molecular formula is C20H25NO2. The Bertz CT molecular complexity index is 707. The van der Waals surface area contributed by atoms with E-state index in [1.54, 1.807) is 0 Å². The molecule has 0 aromatic heterocycles. The zero-order valence-corrected chi connectivity index (χ0v) is 14.6. The lowest BCUT2D eigenvalue weighted by molar-refractivity contribution is -0.123. The molecule has 1 atom stereocenters. The highest BCUT2D eigenvalue weighted by Crippen LogP contribution is 2.20. The van der Waals surface area contributed by atoms with Gasteiger partial charge in [0.1, 0.15) is 5.75 Å². The van der Waals surface area contributed by atoms with Gasteiger partial charge in [-0.15, -0.1) is 0 Å². The Morgan fingerprint density at radius 2 is 1.65 bits per heavy atom. The van der Waals surface area contributed by atoms with Crippen molar-refractivity contribution in [3.63, 3.8) is 0 Å². The van der Waals surface area contributed by atoms with Crippen LogP contribution in [0.3, 0.4) is 0 Å². The second kappa shape index (κ2) is 7.32. The van der Waals surface area contributed by atoms with Gasteiger partial charge in [-0.05, 0) is 62.9 Å². The molecule has 23 heavy (non-hydrogen) atoms. The van der Waals surface area contributed by atoms with Crippen molar-refractivity contribution in [2.24, 2.45) is 0 Å². The van der Waals surface area contributed by atoms with Crippen molar-refractivity contribution in [2.75, 3.05) is 6.61 Å². The van der Waals surface area contributed by atoms with Crippen molar-refractivity contribution in [3.8, 4) is 5.75 Å². The third-order valence-electron chi connectivity index (χ3n) is 3.97. The molecule has 0 saturated heterocycles. The van der Waals surface area contributed by atoms with Gasteiger partial charge in [-0.2, -0.15) is 0 Å². The van der Waals surface area contributed by atoms with Crippen LogP contribution >= 0.6 is 0 Å². The molecule has 0 spiro atoms. The number of rotatable bonds is 5. The fourth-order valence-electron chi connectivity index (χ4n) is 2.68. The molecule has 0 radical (unpaired) electrons. The molecule has 0 heterocycles. The third kappa shape index (κ3) is 4.59. The first-order valence-corrected chi connectivity index (χ1v) is 7.93. The van der Waals surface area contributed by atoms with E-state index in [1.165, 1.54) is 11.1 Å². The van der Waals surface area contributed by atoms with Crippen LogP contribution in [0.25, 0.3) is 0 Å². The van der Waals surface area contributed by atoms with Gasteiger partial charge >= 0.3 is 0 Å². The fraction of sp³-hybridized carbons (Fsp3) is 0.350. The van der Waals surface area contributed by atoms with Crippen LogP contribution in [0.2, 0.25) is 0 Å². The van der Waals surface area contributed by atoms with Crippen molar-refractivity contribution < 1.29 is 9.53 Å². The van der Waals surface area contributed by atoms with Gasteiger partial charge in [0.2, 0.25) is 0 Å². The summed E-state index contributed by atoms with van der Waals surface area (Å²) in [7, 11) is 0. The molecule has 0 aliphatic heterocycles. The Balaban J connectivity index is 1.95. The van der Waals surface area contributed by atoms with Crippen molar-refractivity contribution in [1.82, 2.24) is 5.32 Å². The summed E-state index contributed by atoms with van der Waals surface area (Å²) in [5.41, 5.74) is 5.70. The van der Waals surface area contributed by atoms with Gasteiger partial charge < -0.3 is 10.1 Å². The van der Waals surface area contributed by atoms with E-state index in [0.29, 0.717) is 0 Å². The van der Waals surface area contributed by atoms with E-state index in [9.17, 15) is 4.79 Å². The summed E-state index contributed by atoms with van der Waals surface area (Å²) in [4.78, 5) is 12.1. The maximum Gasteiger partial charge on any atom is 0.258 e. The normalized spacial score (nSPS) is 11.9. The number of hydrogen-bond acceptors (Lipinski definition) is 2. The number of nitrogens with one attached hydrogen (secondary N) is 1. The van der Waals surface area contributed by atoms with Gasteiger partial charge in [0, 0.05) is 0 Å². The van der Waals surface area contributed by atoms with E-state index in [-0.39, 0.29) is 18.6 Å². The lowest BCUT2D eigenvalue weighted by Gasteiger charge is -2.17. The van der Waals surface area contributed by atoms with Gasteiger partial charge in [0.15, 0.2) is 6.61 Å². The van der Waals surface area contributed by atoms with Crippen LogP contribution in [0.1, 0.15) is 40.8 Å². The molecule has 1 N–H and O–H groups in total. The molecule has 2 aromatic rings. The van der Waals surface area contributed by atoms with Gasteiger partial charge in [0.25, 0.3) is 5.91 Å². The molecule has 0 bridgehead atoms. The fourth-order valence-corrected chi connectivity index (χ4v) is 2.68. The summed E-state index contributed by atoms with van der Waals surface area (Å²) in [5.74, 6) is 0.651. The number of benzene rings is 2. The summed E-state index contributed by atoms with van der Waals surface area (Å²) < 4.78 is 5.65. The Kier molecular flexibility index (Phi) is 5.43. The molecule has 0 unspecified atom stereocenters. The van der Waals surface area contributed by atoms with Gasteiger partial charge in [-0.1, -0.05) is 35.9 Å². The third-order valence-corrected chi connectivity index (χ3v) is 3.97. The molecule has 3 nitrogen and oxygen atoms in total. The average Bonchev–Trinajstić information content (AvgIpc) is 2.48. The van der Waals surface area contributed by atoms with Crippen molar-refractivity contribution in [2.45, 2.75) is 40.7 Å². The largest absolute Gasteiger partial charge is 0.483 e. The van der Waals surface area contributed by atoms with Crippen molar-refractivity contribution in [3.05, 3.63) is 64.2 Å². The monoisotopic (exact) mass is 311 g/mol. The van der Waals surface area contributed by atoms with E-state index >= 15 is 0 Å². The molecule has 2 aromatic carbocycles. The zero-order valence-electron chi connectivity index (χ0n) is 14.6. The maximum atomic E-state index is 12.1. The number of ether oxygens (including phenoxy) is 1. The molecule has 1 amide bonds. The van der Waals surface area contributed by atoms with Crippen LogP contribution in [0, 0.1) is 27.7 Å². The Morgan fingerprint density at radius 3 is 2.35 bits per heavy atom. The number of aryl methyl sites for hydroxylation is 4. The molecule has 122 valence electrons. The predicted octanol–water partition coefficient (Wildman–Crippen LogP) is 4.18. The molecule has 0 fully saturated rings. The summed E-state index contributed by atoms with van der Waals surface area (Å²) in [6.07, 6.45) is 0. The van der Waals surface area contributed by atoms with Crippen LogP contribution in [-0.4, -0.2) is 12.5 Å². The van der Waals surface area contributed by atoms with Crippen LogP contribution in [0.5, 0.6) is 5.75 Å². The first kappa shape index (κ1) is 17.1. The highest BCUT2D eigenvalue weighted by molar-refractivity contribution is 5.78. The minimum atomic E-state index is -0.113. The quantitative estimate of drug-likeness (QED) is 0.899. The number of carbonyl (C=O) groups excluding carboxylic acids is 1. The van der Waals surface area contributed by atoms with Crippen LogP contribution in [0.15, 0.2) is 36.4 Å². The Hall–Kier alpha value is -2.29. The average molecular weight is 311 g/mol. The standard InChI is InChI=1S/C20H25NO2/c1-13-7-9-18(16(4)10-13)17(5)21-20(22)12-23-19-11-14(2)6-8-15(19)3/h6-11,17H,12H2,1-5H3,(H,21,22)/t17-/m0/s1. The maximum absolute atomic E-state index is 12.1. The first-order valence-electron chi connectivity index (χ1n) is 7.93. The summed E-state index contributed by atoms with van der Waals surface area (Å²) in [6.45, 7) is 10.1. The smallest absolute Gasteiger partial charge is 0.258 e. The first-order chi connectivity index (χ1) is 10.9. The van der Waals surface area contributed by atoms with Gasteiger partial charge in [-0.25, -0.2) is 0 Å². The summed E-state index contributed by atoms with van der Waals surface area (Å²) >= 11 is 0. The zero-order chi connectivity index (χ0) is 17.0.